The number of benzene rings is 1. The van der Waals surface area contributed by atoms with Crippen molar-refractivity contribution in [2.24, 2.45) is 5.73 Å². The van der Waals surface area contributed by atoms with Crippen LogP contribution in [0.15, 0.2) is 59.3 Å². The summed E-state index contributed by atoms with van der Waals surface area (Å²) in [4.78, 5) is 23.8. The maximum absolute atomic E-state index is 12.3. The largest absolute Gasteiger partial charge is 0.398 e. The number of nitrogens with two attached hydrogens (primary N) is 1. The molecule has 2 bridgehead atoms. The number of nitrogens with one attached hydrogen (secondary N) is 2. The molecule has 1 aliphatic heterocycles. The quantitative estimate of drug-likeness (QED) is 0.599. The first-order valence-corrected chi connectivity index (χ1v) is 7.24. The number of aliphatic hydroxyl groups is 1. The third-order valence-electron chi connectivity index (χ3n) is 4.85. The zero-order valence-corrected chi connectivity index (χ0v) is 12.4. The fourth-order valence-corrected chi connectivity index (χ4v) is 3.57. The summed E-state index contributed by atoms with van der Waals surface area (Å²) in [5.74, 6) is -0.574. The Balaban J connectivity index is 1.86. The third-order valence-corrected chi connectivity index (χ3v) is 4.85. The summed E-state index contributed by atoms with van der Waals surface area (Å²) in [7, 11) is 0. The van der Waals surface area contributed by atoms with Gasteiger partial charge < -0.3 is 16.2 Å². The summed E-state index contributed by atoms with van der Waals surface area (Å²) in [6.07, 6.45) is 3.57. The van der Waals surface area contributed by atoms with Crippen molar-refractivity contribution in [1.82, 2.24) is 10.6 Å². The second-order valence-electron chi connectivity index (χ2n) is 6.06. The van der Waals surface area contributed by atoms with Gasteiger partial charge in [0.1, 0.15) is 0 Å². The molecule has 5 N–H and O–H groups in total. The maximum Gasteiger partial charge on any atom is 0.322 e. The first-order chi connectivity index (χ1) is 10.9. The van der Waals surface area contributed by atoms with E-state index in [1.54, 1.807) is 6.08 Å². The van der Waals surface area contributed by atoms with E-state index < -0.39 is 23.1 Å². The molecule has 0 saturated carbocycles. The molecule has 0 aromatic heterocycles. The minimum atomic E-state index is -1.65. The van der Waals surface area contributed by atoms with Crippen molar-refractivity contribution in [1.29, 1.82) is 0 Å². The Hall–Kier alpha value is -2.86. The van der Waals surface area contributed by atoms with Gasteiger partial charge in [-0.05, 0) is 18.1 Å². The normalized spacial score (nSPS) is 31.9. The fourth-order valence-electron chi connectivity index (χ4n) is 3.57. The van der Waals surface area contributed by atoms with Crippen LogP contribution in [0.1, 0.15) is 12.5 Å². The smallest absolute Gasteiger partial charge is 0.322 e. The second-order valence-corrected chi connectivity index (χ2v) is 6.06. The lowest BCUT2D eigenvalue weighted by Crippen LogP contribution is -2.69. The van der Waals surface area contributed by atoms with Crippen molar-refractivity contribution < 1.29 is 14.7 Å². The third kappa shape index (κ3) is 1.46. The first kappa shape index (κ1) is 13.8. The van der Waals surface area contributed by atoms with Crippen molar-refractivity contribution >= 4 is 17.5 Å². The van der Waals surface area contributed by atoms with Gasteiger partial charge in [0.25, 0.3) is 5.91 Å². The lowest BCUT2D eigenvalue weighted by atomic mass is 9.57. The Labute approximate surface area is 132 Å². The molecule has 0 spiro atoms. The summed E-state index contributed by atoms with van der Waals surface area (Å²) in [6, 6.07) is 8.84. The fraction of sp³-hybridized carbons (Fsp3) is 0.176. The van der Waals surface area contributed by atoms with Crippen LogP contribution in [0.2, 0.25) is 0 Å². The van der Waals surface area contributed by atoms with Crippen LogP contribution in [0.25, 0.3) is 5.57 Å². The molecule has 4 rings (SSSR count). The Morgan fingerprint density at radius 3 is 2.39 bits per heavy atom. The van der Waals surface area contributed by atoms with Gasteiger partial charge >= 0.3 is 6.03 Å². The number of urea groups is 1. The topological polar surface area (TPSA) is 104 Å². The maximum atomic E-state index is 12.3. The molecular formula is C17H15N3O3. The number of carbonyl (C=O) groups excluding carboxylic acids is 2. The molecule has 6 nitrogen and oxygen atoms in total. The van der Waals surface area contributed by atoms with E-state index in [-0.39, 0.29) is 0 Å². The number of rotatable bonds is 2. The highest BCUT2D eigenvalue weighted by Gasteiger charge is 2.67. The predicted molar refractivity (Wildman–Crippen MR) is 83.7 cm³/mol. The number of imide groups is 1. The molecule has 116 valence electrons. The molecule has 0 radical (unpaired) electrons. The molecule has 1 saturated heterocycles. The second kappa shape index (κ2) is 4.11. The summed E-state index contributed by atoms with van der Waals surface area (Å²) in [6.45, 7) is 1.50. The first-order valence-electron chi connectivity index (χ1n) is 7.24. The molecule has 6 heteroatoms. The summed E-state index contributed by atoms with van der Waals surface area (Å²) < 4.78 is 0. The molecule has 2 aliphatic carbocycles. The Bertz CT molecular complexity index is 853. The van der Waals surface area contributed by atoms with Gasteiger partial charge in [-0.15, -0.1) is 0 Å². The van der Waals surface area contributed by atoms with E-state index in [4.69, 9.17) is 5.73 Å². The Morgan fingerprint density at radius 1 is 1.13 bits per heavy atom. The van der Waals surface area contributed by atoms with Crippen LogP contribution in [-0.2, 0) is 4.79 Å². The van der Waals surface area contributed by atoms with Gasteiger partial charge in [0.05, 0.1) is 0 Å². The van der Waals surface area contributed by atoms with Crippen LogP contribution in [0.5, 0.6) is 0 Å². The van der Waals surface area contributed by atoms with Gasteiger partial charge in [0.2, 0.25) is 0 Å². The molecule has 1 heterocycles. The van der Waals surface area contributed by atoms with E-state index in [1.165, 1.54) is 6.92 Å². The van der Waals surface area contributed by atoms with Crippen molar-refractivity contribution in [2.75, 3.05) is 0 Å². The molecule has 2 atom stereocenters. The van der Waals surface area contributed by atoms with E-state index in [0.29, 0.717) is 16.8 Å². The number of allylic oxidation sites excluding steroid dienone is 2. The van der Waals surface area contributed by atoms with Gasteiger partial charge in [-0.25, -0.2) is 4.79 Å². The molecule has 1 fully saturated rings. The summed E-state index contributed by atoms with van der Waals surface area (Å²) in [5, 5.41) is 16.0. The highest BCUT2D eigenvalue weighted by atomic mass is 16.3. The van der Waals surface area contributed by atoms with E-state index in [9.17, 15) is 14.7 Å². The van der Waals surface area contributed by atoms with Crippen molar-refractivity contribution in [2.45, 2.75) is 18.1 Å². The lowest BCUT2D eigenvalue weighted by Gasteiger charge is -2.52. The monoisotopic (exact) mass is 309 g/mol. The van der Waals surface area contributed by atoms with Gasteiger partial charge in [-0.2, -0.15) is 0 Å². The summed E-state index contributed by atoms with van der Waals surface area (Å²) in [5.41, 5.74) is 5.96. The minimum absolute atomic E-state index is 0.448. The van der Waals surface area contributed by atoms with Gasteiger partial charge in [-0.1, -0.05) is 42.5 Å². The summed E-state index contributed by atoms with van der Waals surface area (Å²) >= 11 is 0. The number of carbonyl (C=O) groups is 2. The zero-order chi connectivity index (χ0) is 16.4. The van der Waals surface area contributed by atoms with E-state index >= 15 is 0 Å². The molecule has 3 amide bonds. The number of hydrogen-bond donors (Lipinski definition) is 4. The molecule has 1 aromatic rings. The van der Waals surface area contributed by atoms with E-state index in [2.05, 4.69) is 10.6 Å². The molecular weight excluding hydrogens is 294 g/mol. The zero-order valence-electron chi connectivity index (χ0n) is 12.4. The Morgan fingerprint density at radius 2 is 1.83 bits per heavy atom. The van der Waals surface area contributed by atoms with Crippen LogP contribution in [-0.4, -0.2) is 28.2 Å². The van der Waals surface area contributed by atoms with Gasteiger partial charge in [-0.3, -0.25) is 10.1 Å². The number of hydrogen-bond acceptors (Lipinski definition) is 4. The highest BCUT2D eigenvalue weighted by Crippen LogP contribution is 2.56. The van der Waals surface area contributed by atoms with Crippen LogP contribution in [0.3, 0.4) is 0 Å². The number of amides is 3. The average Bonchev–Trinajstić information content (AvgIpc) is 2.82. The van der Waals surface area contributed by atoms with Crippen LogP contribution < -0.4 is 16.4 Å². The molecule has 3 aliphatic rings. The SMILES string of the molecule is CC1(C2(O)c3ccc(-c4ccccc4)c2c3N)NC(=O)NC1=O. The lowest BCUT2D eigenvalue weighted by molar-refractivity contribution is -0.130. The molecule has 1 aromatic carbocycles. The van der Waals surface area contributed by atoms with Gasteiger partial charge in [0.15, 0.2) is 11.1 Å². The minimum Gasteiger partial charge on any atom is -0.398 e. The molecule has 23 heavy (non-hydrogen) atoms. The van der Waals surface area contributed by atoms with Crippen molar-refractivity contribution in [3.8, 4) is 0 Å². The molecule has 2 unspecified atom stereocenters. The van der Waals surface area contributed by atoms with Crippen molar-refractivity contribution in [3.05, 3.63) is 64.9 Å². The Kier molecular flexibility index (Phi) is 2.46. The average molecular weight is 309 g/mol. The van der Waals surface area contributed by atoms with E-state index in [1.807, 2.05) is 36.4 Å². The standard InChI is InChI=1S/C17H15N3O3/c1-16(14(21)19-15(22)20-16)17(23)11-8-7-10(12(17)13(11)18)9-5-3-2-4-6-9/h2-8,23H,18H2,1H3,(H2,19,20,21,22). The van der Waals surface area contributed by atoms with Crippen LogP contribution in [0, 0.1) is 0 Å². The van der Waals surface area contributed by atoms with Gasteiger partial charge in [0, 0.05) is 16.8 Å². The van der Waals surface area contributed by atoms with E-state index in [0.717, 1.165) is 11.1 Å². The van der Waals surface area contributed by atoms with Crippen LogP contribution in [0.4, 0.5) is 4.79 Å². The number of fused-ring (bicyclic) bond motifs is 2. The predicted octanol–water partition coefficient (Wildman–Crippen LogP) is 0.566. The highest BCUT2D eigenvalue weighted by molar-refractivity contribution is 6.10. The van der Waals surface area contributed by atoms with Crippen LogP contribution >= 0.6 is 0 Å². The van der Waals surface area contributed by atoms with Crippen molar-refractivity contribution in [3.63, 3.8) is 0 Å².